The molecule has 5 aromatic carbocycles. The third-order valence-electron chi connectivity index (χ3n) is 6.32. The second-order valence-corrected chi connectivity index (χ2v) is 8.05. The summed E-state index contributed by atoms with van der Waals surface area (Å²) in [6.07, 6.45) is 0. The Balaban J connectivity index is 1.87. The van der Waals surface area contributed by atoms with E-state index in [1.807, 2.05) is 36.4 Å². The van der Waals surface area contributed by atoms with E-state index in [0.717, 1.165) is 53.9 Å². The van der Waals surface area contributed by atoms with Crippen LogP contribution >= 0.6 is 0 Å². The fraction of sp³-hybridized carbons (Fsp3) is 0. The van der Waals surface area contributed by atoms with Crippen molar-refractivity contribution in [3.63, 3.8) is 0 Å². The fourth-order valence-corrected chi connectivity index (χ4v) is 4.98. The molecule has 0 aliphatic carbocycles. The molecule has 0 unspecified atom stereocenters. The molecule has 0 fully saturated rings. The van der Waals surface area contributed by atoms with Crippen LogP contribution in [-0.2, 0) is 0 Å². The molecular weight excluding hydrogens is 400 g/mol. The van der Waals surface area contributed by atoms with Crippen molar-refractivity contribution in [3.8, 4) is 0 Å². The molecule has 4 heteroatoms. The summed E-state index contributed by atoms with van der Waals surface area (Å²) >= 11 is 0. The van der Waals surface area contributed by atoms with Gasteiger partial charge in [-0.05, 0) is 56.6 Å². The van der Waals surface area contributed by atoms with Crippen molar-refractivity contribution in [2.75, 3.05) is 0 Å². The fourth-order valence-electron chi connectivity index (χ4n) is 4.98. The van der Waals surface area contributed by atoms with E-state index in [9.17, 15) is 9.59 Å². The highest BCUT2D eigenvalue weighted by atomic mass is 16.4. The minimum atomic E-state index is -0.367. The van der Waals surface area contributed by atoms with Crippen molar-refractivity contribution in [3.05, 3.63) is 106 Å². The normalized spacial score (nSPS) is 12.0. The Morgan fingerprint density at radius 1 is 0.375 bits per heavy atom. The second-order valence-electron chi connectivity index (χ2n) is 8.05. The number of fused-ring (bicyclic) bond motifs is 11. The van der Waals surface area contributed by atoms with E-state index in [0.29, 0.717) is 11.2 Å². The predicted octanol–water partition coefficient (Wildman–Crippen LogP) is 6.51. The maximum Gasteiger partial charge on any atom is 0.336 e. The molecule has 7 aromatic rings. The summed E-state index contributed by atoms with van der Waals surface area (Å²) < 4.78 is 11.0. The third-order valence-corrected chi connectivity index (χ3v) is 6.32. The van der Waals surface area contributed by atoms with E-state index in [-0.39, 0.29) is 11.3 Å². The van der Waals surface area contributed by atoms with E-state index in [4.69, 9.17) is 8.83 Å². The first-order chi connectivity index (χ1) is 15.7. The van der Waals surface area contributed by atoms with Gasteiger partial charge in [-0.2, -0.15) is 0 Å². The maximum atomic E-state index is 11.8. The number of hydrogen-bond donors (Lipinski definition) is 0. The SMILES string of the molecule is O=c1ccc2c(ccc3ccc4ccc5ccc6ccc7oc(=O)ccc7c6c5c4c32)o1. The Hall–Kier alpha value is -4.44. The van der Waals surface area contributed by atoms with Gasteiger partial charge in [-0.1, -0.05) is 48.5 Å². The highest BCUT2D eigenvalue weighted by molar-refractivity contribution is 6.34. The van der Waals surface area contributed by atoms with Crippen LogP contribution in [0.4, 0.5) is 0 Å². The summed E-state index contributed by atoms with van der Waals surface area (Å²) in [5.41, 5.74) is 0.387. The molecule has 2 heterocycles. The zero-order valence-electron chi connectivity index (χ0n) is 16.7. The maximum absolute atomic E-state index is 11.8. The molecule has 0 aliphatic heterocycles. The van der Waals surface area contributed by atoms with Crippen LogP contribution in [0.15, 0.2) is 103 Å². The van der Waals surface area contributed by atoms with Crippen molar-refractivity contribution in [1.82, 2.24) is 0 Å². The monoisotopic (exact) mass is 414 g/mol. The zero-order valence-corrected chi connectivity index (χ0v) is 16.7. The Kier molecular flexibility index (Phi) is 3.26. The first kappa shape index (κ1) is 17.3. The number of benzene rings is 5. The summed E-state index contributed by atoms with van der Waals surface area (Å²) in [6.45, 7) is 0. The third kappa shape index (κ3) is 2.26. The van der Waals surface area contributed by atoms with Crippen LogP contribution in [0.5, 0.6) is 0 Å². The molecular formula is C28H14O4. The molecule has 7 rings (SSSR count). The highest BCUT2D eigenvalue weighted by Gasteiger charge is 2.14. The second kappa shape index (κ2) is 6.05. The molecule has 0 N–H and O–H groups in total. The quantitative estimate of drug-likeness (QED) is 0.210. The molecule has 32 heavy (non-hydrogen) atoms. The van der Waals surface area contributed by atoms with E-state index in [1.165, 1.54) is 12.1 Å². The Bertz CT molecular complexity index is 1870. The lowest BCUT2D eigenvalue weighted by molar-refractivity contribution is 0.561. The minimum absolute atomic E-state index is 0.367. The minimum Gasteiger partial charge on any atom is -0.423 e. The Morgan fingerprint density at radius 3 is 1.12 bits per heavy atom. The van der Waals surface area contributed by atoms with Crippen LogP contribution in [-0.4, -0.2) is 0 Å². The van der Waals surface area contributed by atoms with Gasteiger partial charge >= 0.3 is 11.3 Å². The van der Waals surface area contributed by atoms with Crippen LogP contribution in [0.25, 0.3) is 65.0 Å². The lowest BCUT2D eigenvalue weighted by Gasteiger charge is -2.13. The molecule has 0 radical (unpaired) electrons. The van der Waals surface area contributed by atoms with Crippen LogP contribution in [0.2, 0.25) is 0 Å². The van der Waals surface area contributed by atoms with E-state index < -0.39 is 0 Å². The van der Waals surface area contributed by atoms with Gasteiger partial charge in [0.2, 0.25) is 0 Å². The molecule has 0 amide bonds. The zero-order chi connectivity index (χ0) is 21.4. The standard InChI is InChI=1S/C28H14O4/c29-23-13-9-19-21(31-23)11-7-15-1-3-17-5-6-18-4-2-16-8-12-22-20(10-14-24(30)32-22)26(16)28(18)27(17)25(15)19/h1-14H. The number of hydrogen-bond acceptors (Lipinski definition) is 4. The molecule has 0 aliphatic rings. The smallest absolute Gasteiger partial charge is 0.336 e. The van der Waals surface area contributed by atoms with Gasteiger partial charge in [0.25, 0.3) is 0 Å². The van der Waals surface area contributed by atoms with Gasteiger partial charge in [-0.15, -0.1) is 0 Å². The molecule has 4 nitrogen and oxygen atoms in total. The van der Waals surface area contributed by atoms with Gasteiger partial charge in [-0.25, -0.2) is 9.59 Å². The van der Waals surface area contributed by atoms with Gasteiger partial charge in [-0.3, -0.25) is 0 Å². The lowest BCUT2D eigenvalue weighted by Crippen LogP contribution is -1.95. The largest absolute Gasteiger partial charge is 0.423 e. The molecule has 0 saturated heterocycles. The van der Waals surface area contributed by atoms with Crippen molar-refractivity contribution in [1.29, 1.82) is 0 Å². The van der Waals surface area contributed by atoms with Crippen molar-refractivity contribution < 1.29 is 8.83 Å². The number of rotatable bonds is 0. The average molecular weight is 414 g/mol. The van der Waals surface area contributed by atoms with Crippen molar-refractivity contribution >= 4 is 65.0 Å². The molecule has 0 saturated carbocycles. The van der Waals surface area contributed by atoms with Crippen LogP contribution < -0.4 is 11.3 Å². The van der Waals surface area contributed by atoms with Crippen LogP contribution in [0.1, 0.15) is 0 Å². The summed E-state index contributed by atoms with van der Waals surface area (Å²) in [5.74, 6) is 0. The van der Waals surface area contributed by atoms with E-state index in [2.05, 4.69) is 36.4 Å². The van der Waals surface area contributed by atoms with Crippen LogP contribution in [0, 0.1) is 0 Å². The lowest BCUT2D eigenvalue weighted by atomic mass is 9.90. The Labute approximate surface area is 179 Å². The first-order valence-corrected chi connectivity index (χ1v) is 10.3. The molecule has 150 valence electrons. The van der Waals surface area contributed by atoms with Gasteiger partial charge in [0.1, 0.15) is 11.2 Å². The Morgan fingerprint density at radius 2 is 0.719 bits per heavy atom. The molecule has 0 spiro atoms. The average Bonchev–Trinajstić information content (AvgIpc) is 2.82. The summed E-state index contributed by atoms with van der Waals surface area (Å²) in [7, 11) is 0. The summed E-state index contributed by atoms with van der Waals surface area (Å²) in [4.78, 5) is 23.7. The van der Waals surface area contributed by atoms with Gasteiger partial charge < -0.3 is 8.83 Å². The topological polar surface area (TPSA) is 60.4 Å². The van der Waals surface area contributed by atoms with E-state index >= 15 is 0 Å². The molecule has 0 bridgehead atoms. The van der Waals surface area contributed by atoms with E-state index in [1.54, 1.807) is 0 Å². The first-order valence-electron chi connectivity index (χ1n) is 10.3. The van der Waals surface area contributed by atoms with Gasteiger partial charge in [0, 0.05) is 33.7 Å². The molecule has 0 atom stereocenters. The van der Waals surface area contributed by atoms with Gasteiger partial charge in [0.05, 0.1) is 0 Å². The summed E-state index contributed by atoms with van der Waals surface area (Å²) in [6, 6.07) is 26.9. The highest BCUT2D eigenvalue weighted by Crippen LogP contribution is 2.41. The predicted molar refractivity (Wildman–Crippen MR) is 129 cm³/mol. The van der Waals surface area contributed by atoms with Gasteiger partial charge in [0.15, 0.2) is 0 Å². The van der Waals surface area contributed by atoms with Crippen LogP contribution in [0.3, 0.4) is 0 Å². The summed E-state index contributed by atoms with van der Waals surface area (Å²) in [5, 5.41) is 10.3. The van der Waals surface area contributed by atoms with Crippen molar-refractivity contribution in [2.24, 2.45) is 0 Å². The van der Waals surface area contributed by atoms with Crippen molar-refractivity contribution in [2.45, 2.75) is 0 Å². The molecule has 2 aromatic heterocycles.